The summed E-state index contributed by atoms with van der Waals surface area (Å²) in [6, 6.07) is 19.5. The summed E-state index contributed by atoms with van der Waals surface area (Å²) in [5, 5.41) is 2.81. The van der Waals surface area contributed by atoms with Crippen LogP contribution in [0.15, 0.2) is 66.0 Å². The van der Waals surface area contributed by atoms with Gasteiger partial charge < -0.3 is 0 Å². The van der Waals surface area contributed by atoms with E-state index >= 15 is 0 Å². The predicted molar refractivity (Wildman–Crippen MR) is 92.8 cm³/mol. The summed E-state index contributed by atoms with van der Waals surface area (Å²) in [5.41, 5.74) is 2.59. The summed E-state index contributed by atoms with van der Waals surface area (Å²) in [5.74, 6) is 0.0601. The zero-order valence-corrected chi connectivity index (χ0v) is 13.2. The van der Waals surface area contributed by atoms with Crippen LogP contribution in [-0.2, 0) is 0 Å². The summed E-state index contributed by atoms with van der Waals surface area (Å²) in [6.07, 6.45) is 0. The van der Waals surface area contributed by atoms with E-state index < -0.39 is 0 Å². The number of benzene rings is 2. The molecular formula is C18H11NOS2. The van der Waals surface area contributed by atoms with Gasteiger partial charge in [0, 0.05) is 11.1 Å². The number of hydrogen-bond donors (Lipinski definition) is 0. The van der Waals surface area contributed by atoms with Crippen molar-refractivity contribution < 1.29 is 4.79 Å². The molecule has 2 heterocycles. The molecule has 0 fully saturated rings. The van der Waals surface area contributed by atoms with E-state index in [1.54, 1.807) is 11.3 Å². The van der Waals surface area contributed by atoms with Gasteiger partial charge >= 0.3 is 0 Å². The van der Waals surface area contributed by atoms with Gasteiger partial charge in [-0.1, -0.05) is 42.5 Å². The van der Waals surface area contributed by atoms with Crippen molar-refractivity contribution in [1.82, 2.24) is 4.98 Å². The molecule has 0 bridgehead atoms. The van der Waals surface area contributed by atoms with Crippen LogP contribution in [0.1, 0.15) is 15.2 Å². The number of ketones is 1. The molecule has 0 aliphatic heterocycles. The number of carbonyl (C=O) groups excluding carboxylic acids is 1. The Morgan fingerprint density at radius 2 is 1.73 bits per heavy atom. The van der Waals surface area contributed by atoms with Gasteiger partial charge in [-0.2, -0.15) is 0 Å². The number of rotatable bonds is 3. The molecule has 0 saturated carbocycles. The van der Waals surface area contributed by atoms with E-state index in [-0.39, 0.29) is 5.78 Å². The molecule has 106 valence electrons. The van der Waals surface area contributed by atoms with Crippen LogP contribution in [0.3, 0.4) is 0 Å². The van der Waals surface area contributed by atoms with E-state index in [1.165, 1.54) is 11.3 Å². The van der Waals surface area contributed by atoms with Crippen LogP contribution in [0.4, 0.5) is 0 Å². The largest absolute Gasteiger partial charge is 0.288 e. The van der Waals surface area contributed by atoms with Crippen LogP contribution in [-0.4, -0.2) is 10.8 Å². The zero-order chi connectivity index (χ0) is 14.9. The standard InChI is InChI=1S/C18H11NOS2/c20-17(16-10-5-11-21-16)12-6-1-2-7-13(12)18-19-14-8-3-4-9-15(14)22-18/h1-11H. The van der Waals surface area contributed by atoms with Crippen molar-refractivity contribution in [3.05, 3.63) is 76.5 Å². The molecule has 0 aliphatic carbocycles. The highest BCUT2D eigenvalue weighted by Gasteiger charge is 2.17. The lowest BCUT2D eigenvalue weighted by molar-refractivity contribution is 0.104. The predicted octanol–water partition coefficient (Wildman–Crippen LogP) is 5.26. The number of fused-ring (bicyclic) bond motifs is 1. The molecule has 4 heteroatoms. The number of hydrogen-bond acceptors (Lipinski definition) is 4. The summed E-state index contributed by atoms with van der Waals surface area (Å²) in [6.45, 7) is 0. The maximum absolute atomic E-state index is 12.7. The topological polar surface area (TPSA) is 30.0 Å². The zero-order valence-electron chi connectivity index (χ0n) is 11.5. The Kier molecular flexibility index (Phi) is 3.33. The van der Waals surface area contributed by atoms with E-state index in [0.29, 0.717) is 5.56 Å². The molecule has 0 spiro atoms. The van der Waals surface area contributed by atoms with Gasteiger partial charge in [0.15, 0.2) is 0 Å². The Labute approximate surface area is 135 Å². The highest BCUT2D eigenvalue weighted by Crippen LogP contribution is 2.33. The molecule has 0 amide bonds. The van der Waals surface area contributed by atoms with Gasteiger partial charge in [-0.05, 0) is 23.6 Å². The van der Waals surface area contributed by atoms with Crippen LogP contribution < -0.4 is 0 Å². The van der Waals surface area contributed by atoms with Gasteiger partial charge in [0.05, 0.1) is 15.1 Å². The number of thiazole rings is 1. The van der Waals surface area contributed by atoms with Gasteiger partial charge in [0.25, 0.3) is 0 Å². The molecule has 2 nitrogen and oxygen atoms in total. The Hall–Kier alpha value is -2.30. The van der Waals surface area contributed by atoms with Crippen LogP contribution in [0.25, 0.3) is 20.8 Å². The van der Waals surface area contributed by atoms with Gasteiger partial charge in [0.1, 0.15) is 5.01 Å². The van der Waals surface area contributed by atoms with Crippen LogP contribution in [0.2, 0.25) is 0 Å². The Morgan fingerprint density at radius 1 is 0.909 bits per heavy atom. The van der Waals surface area contributed by atoms with Crippen LogP contribution in [0.5, 0.6) is 0 Å². The van der Waals surface area contributed by atoms with Gasteiger partial charge in [0.2, 0.25) is 5.78 Å². The number of para-hydroxylation sites is 1. The van der Waals surface area contributed by atoms with Crippen LogP contribution in [0, 0.1) is 0 Å². The van der Waals surface area contributed by atoms with E-state index in [1.807, 2.05) is 60.0 Å². The molecule has 0 atom stereocenters. The highest BCUT2D eigenvalue weighted by atomic mass is 32.1. The SMILES string of the molecule is O=C(c1cccs1)c1ccccc1-c1nc2ccccc2s1. The molecular weight excluding hydrogens is 310 g/mol. The molecule has 0 radical (unpaired) electrons. The lowest BCUT2D eigenvalue weighted by Gasteiger charge is -2.04. The second-order valence-electron chi connectivity index (χ2n) is 4.84. The summed E-state index contributed by atoms with van der Waals surface area (Å²) >= 11 is 3.09. The van der Waals surface area contributed by atoms with Gasteiger partial charge in [-0.15, -0.1) is 22.7 Å². The van der Waals surface area contributed by atoms with Crippen molar-refractivity contribution in [2.45, 2.75) is 0 Å². The minimum absolute atomic E-state index is 0.0601. The lowest BCUT2D eigenvalue weighted by Crippen LogP contribution is -2.00. The minimum atomic E-state index is 0.0601. The maximum atomic E-state index is 12.7. The fourth-order valence-electron chi connectivity index (χ4n) is 2.40. The fraction of sp³-hybridized carbons (Fsp3) is 0. The Morgan fingerprint density at radius 3 is 2.55 bits per heavy atom. The van der Waals surface area contributed by atoms with Gasteiger partial charge in [-0.3, -0.25) is 4.79 Å². The number of thiophene rings is 1. The first-order valence-electron chi connectivity index (χ1n) is 6.86. The lowest BCUT2D eigenvalue weighted by atomic mass is 10.0. The van der Waals surface area contributed by atoms with Crippen molar-refractivity contribution in [2.24, 2.45) is 0 Å². The Bertz CT molecular complexity index is 921. The Balaban J connectivity index is 1.87. The number of nitrogens with zero attached hydrogens (tertiary/aromatic N) is 1. The molecule has 0 aliphatic rings. The van der Waals surface area contributed by atoms with Crippen molar-refractivity contribution in [3.8, 4) is 10.6 Å². The summed E-state index contributed by atoms with van der Waals surface area (Å²) in [7, 11) is 0. The first-order chi connectivity index (χ1) is 10.8. The summed E-state index contributed by atoms with van der Waals surface area (Å²) < 4.78 is 1.14. The van der Waals surface area contributed by atoms with Crippen molar-refractivity contribution in [2.75, 3.05) is 0 Å². The second kappa shape index (κ2) is 5.48. The van der Waals surface area contributed by atoms with E-state index in [2.05, 4.69) is 11.1 Å². The second-order valence-corrected chi connectivity index (χ2v) is 6.82. The maximum Gasteiger partial charge on any atom is 0.203 e. The van der Waals surface area contributed by atoms with Gasteiger partial charge in [-0.25, -0.2) is 4.98 Å². The van der Waals surface area contributed by atoms with Crippen molar-refractivity contribution in [3.63, 3.8) is 0 Å². The summed E-state index contributed by atoms with van der Waals surface area (Å²) in [4.78, 5) is 18.1. The monoisotopic (exact) mass is 321 g/mol. The van der Waals surface area contributed by atoms with Crippen molar-refractivity contribution >= 4 is 38.7 Å². The average Bonchev–Trinajstić information content (AvgIpc) is 3.23. The molecule has 0 saturated heterocycles. The van der Waals surface area contributed by atoms with Crippen LogP contribution >= 0.6 is 22.7 Å². The number of aromatic nitrogens is 1. The molecule has 2 aromatic heterocycles. The first-order valence-corrected chi connectivity index (χ1v) is 8.56. The molecule has 4 aromatic rings. The molecule has 22 heavy (non-hydrogen) atoms. The third kappa shape index (κ3) is 2.26. The van der Waals surface area contributed by atoms with Crippen molar-refractivity contribution in [1.29, 1.82) is 0 Å². The van der Waals surface area contributed by atoms with E-state index in [4.69, 9.17) is 0 Å². The minimum Gasteiger partial charge on any atom is -0.288 e. The molecule has 4 rings (SSSR count). The van der Waals surface area contributed by atoms with E-state index in [9.17, 15) is 4.79 Å². The quantitative estimate of drug-likeness (QED) is 0.482. The third-order valence-corrected chi connectivity index (χ3v) is 5.38. The fourth-order valence-corrected chi connectivity index (χ4v) is 4.08. The van der Waals surface area contributed by atoms with E-state index in [0.717, 1.165) is 25.7 Å². The number of carbonyl (C=O) groups is 1. The first kappa shape index (κ1) is 13.4. The normalized spacial score (nSPS) is 10.9. The molecule has 2 aromatic carbocycles. The third-order valence-electron chi connectivity index (χ3n) is 3.44. The molecule has 0 unspecified atom stereocenters. The molecule has 0 N–H and O–H groups in total. The smallest absolute Gasteiger partial charge is 0.203 e. The highest BCUT2D eigenvalue weighted by molar-refractivity contribution is 7.21. The average molecular weight is 321 g/mol.